The van der Waals surface area contributed by atoms with Crippen LogP contribution in [0, 0.1) is 11.6 Å². The molecule has 1 amide bonds. The molecule has 31 heavy (non-hydrogen) atoms. The van der Waals surface area contributed by atoms with E-state index in [0.29, 0.717) is 34.4 Å². The maximum Gasteiger partial charge on any atom is 0.234 e. The van der Waals surface area contributed by atoms with E-state index >= 15 is 0 Å². The summed E-state index contributed by atoms with van der Waals surface area (Å²) in [6.07, 6.45) is 1.66. The Morgan fingerprint density at radius 2 is 2.10 bits per heavy atom. The van der Waals surface area contributed by atoms with Crippen LogP contribution in [0.3, 0.4) is 0 Å². The Hall–Kier alpha value is -2.43. The molecule has 2 aromatic carbocycles. The van der Waals surface area contributed by atoms with Crippen LogP contribution in [0.5, 0.6) is 5.75 Å². The Kier molecular flexibility index (Phi) is 8.05. The molecule has 162 valence electrons. The normalized spacial score (nSPS) is 10.7. The van der Waals surface area contributed by atoms with Crippen LogP contribution in [0.1, 0.15) is 5.82 Å². The van der Waals surface area contributed by atoms with Gasteiger partial charge in [0, 0.05) is 17.1 Å². The number of benzene rings is 2. The lowest BCUT2D eigenvalue weighted by Gasteiger charge is -2.11. The summed E-state index contributed by atoms with van der Waals surface area (Å²) in [5.74, 6) is -1.14. The van der Waals surface area contributed by atoms with E-state index in [-0.39, 0.29) is 22.5 Å². The second-order valence-corrected chi connectivity index (χ2v) is 8.30. The molecule has 0 saturated carbocycles. The Morgan fingerprint density at radius 3 is 2.81 bits per heavy atom. The number of anilines is 1. The average Bonchev–Trinajstić information content (AvgIpc) is 3.10. The number of nitrogens with zero attached hydrogens (tertiary/aromatic N) is 3. The number of halogens is 4. The van der Waals surface area contributed by atoms with Crippen molar-refractivity contribution in [3.05, 3.63) is 76.0 Å². The molecule has 0 fully saturated rings. The number of allylic oxidation sites excluding steroid dienone is 1. The second-order valence-electron chi connectivity index (χ2n) is 6.10. The smallest absolute Gasteiger partial charge is 0.234 e. The molecule has 0 bridgehead atoms. The minimum absolute atomic E-state index is 0.0656. The number of ether oxygens (including phenoxy) is 1. The highest BCUT2D eigenvalue weighted by Gasteiger charge is 2.17. The number of carbonyl (C=O) groups is 1. The fourth-order valence-electron chi connectivity index (χ4n) is 2.52. The van der Waals surface area contributed by atoms with E-state index in [1.165, 1.54) is 0 Å². The lowest BCUT2D eigenvalue weighted by molar-refractivity contribution is -0.113. The summed E-state index contributed by atoms with van der Waals surface area (Å²) in [7, 11) is 0. The number of hydrogen-bond acceptors (Lipinski definition) is 5. The molecule has 0 aliphatic carbocycles. The summed E-state index contributed by atoms with van der Waals surface area (Å²) >= 11 is 10.2. The van der Waals surface area contributed by atoms with E-state index in [2.05, 4.69) is 38.0 Å². The lowest BCUT2D eigenvalue weighted by atomic mass is 10.3. The first-order valence-electron chi connectivity index (χ1n) is 8.86. The van der Waals surface area contributed by atoms with Crippen molar-refractivity contribution >= 4 is 50.9 Å². The van der Waals surface area contributed by atoms with Gasteiger partial charge < -0.3 is 10.1 Å². The van der Waals surface area contributed by atoms with Crippen LogP contribution < -0.4 is 10.1 Å². The molecule has 3 rings (SSSR count). The van der Waals surface area contributed by atoms with Crippen molar-refractivity contribution in [2.24, 2.45) is 0 Å². The third-order valence-electron chi connectivity index (χ3n) is 3.90. The van der Waals surface area contributed by atoms with Gasteiger partial charge in [0.2, 0.25) is 5.91 Å². The van der Waals surface area contributed by atoms with Gasteiger partial charge in [-0.3, -0.25) is 9.36 Å². The number of nitrogens with one attached hydrogen (secondary N) is 1. The minimum Gasteiger partial charge on any atom is -0.484 e. The predicted molar refractivity (Wildman–Crippen MR) is 119 cm³/mol. The van der Waals surface area contributed by atoms with Crippen LogP contribution in [0.15, 0.2) is 58.7 Å². The second kappa shape index (κ2) is 10.7. The van der Waals surface area contributed by atoms with Gasteiger partial charge in [-0.1, -0.05) is 41.6 Å². The SMILES string of the molecule is C=CCn1c(COc2ccccc2Cl)nnc1SCC(=O)Nc1c(F)cc(F)cc1Br. The molecule has 0 atom stereocenters. The third-order valence-corrected chi connectivity index (χ3v) is 5.81. The highest BCUT2D eigenvalue weighted by molar-refractivity contribution is 9.10. The molecule has 0 saturated heterocycles. The maximum absolute atomic E-state index is 13.9. The van der Waals surface area contributed by atoms with Gasteiger partial charge in [0.25, 0.3) is 0 Å². The number of para-hydroxylation sites is 1. The highest BCUT2D eigenvalue weighted by atomic mass is 79.9. The van der Waals surface area contributed by atoms with Crippen LogP contribution >= 0.6 is 39.3 Å². The Balaban J connectivity index is 1.65. The van der Waals surface area contributed by atoms with Gasteiger partial charge in [-0.2, -0.15) is 0 Å². The van der Waals surface area contributed by atoms with E-state index < -0.39 is 17.5 Å². The van der Waals surface area contributed by atoms with E-state index in [1.807, 2.05) is 0 Å². The molecule has 0 radical (unpaired) electrons. The van der Waals surface area contributed by atoms with Crippen LogP contribution in [0.4, 0.5) is 14.5 Å². The average molecular weight is 530 g/mol. The third kappa shape index (κ3) is 6.05. The van der Waals surface area contributed by atoms with Gasteiger partial charge in [-0.25, -0.2) is 8.78 Å². The zero-order valence-electron chi connectivity index (χ0n) is 15.9. The summed E-state index contributed by atoms with van der Waals surface area (Å²) in [4.78, 5) is 12.3. The van der Waals surface area contributed by atoms with E-state index in [1.54, 1.807) is 34.9 Å². The molecule has 11 heteroatoms. The Morgan fingerprint density at radius 1 is 1.32 bits per heavy atom. The largest absolute Gasteiger partial charge is 0.484 e. The summed E-state index contributed by atoms with van der Waals surface area (Å²) in [5.41, 5.74) is -0.131. The highest BCUT2D eigenvalue weighted by Crippen LogP contribution is 2.28. The van der Waals surface area contributed by atoms with Gasteiger partial charge >= 0.3 is 0 Å². The fraction of sp³-hybridized carbons (Fsp3) is 0.150. The zero-order valence-corrected chi connectivity index (χ0v) is 19.1. The number of thioether (sulfide) groups is 1. The summed E-state index contributed by atoms with van der Waals surface area (Å²) in [5, 5.41) is 11.6. The molecular formula is C20H16BrClF2N4O2S. The number of hydrogen-bond donors (Lipinski definition) is 1. The molecule has 6 nitrogen and oxygen atoms in total. The number of amides is 1. The van der Waals surface area contributed by atoms with Crippen molar-refractivity contribution in [1.82, 2.24) is 14.8 Å². The summed E-state index contributed by atoms with van der Waals surface area (Å²) < 4.78 is 34.7. The quantitative estimate of drug-likeness (QED) is 0.294. The summed E-state index contributed by atoms with van der Waals surface area (Å²) in [6.45, 7) is 4.24. The molecule has 1 heterocycles. The predicted octanol–water partition coefficient (Wildman–Crippen LogP) is 5.47. The van der Waals surface area contributed by atoms with Gasteiger partial charge in [0.05, 0.1) is 16.5 Å². The van der Waals surface area contributed by atoms with E-state index in [0.717, 1.165) is 17.8 Å². The number of rotatable bonds is 9. The zero-order chi connectivity index (χ0) is 22.4. The van der Waals surface area contributed by atoms with Gasteiger partial charge in [-0.05, 0) is 34.1 Å². The Bertz CT molecular complexity index is 1090. The van der Waals surface area contributed by atoms with E-state index in [4.69, 9.17) is 16.3 Å². The van der Waals surface area contributed by atoms with Crippen molar-refractivity contribution in [3.8, 4) is 5.75 Å². The molecule has 0 aliphatic rings. The van der Waals surface area contributed by atoms with Crippen molar-refractivity contribution in [2.45, 2.75) is 18.3 Å². The molecule has 1 N–H and O–H groups in total. The number of carbonyl (C=O) groups excluding carboxylic acids is 1. The number of aromatic nitrogens is 3. The van der Waals surface area contributed by atoms with Crippen molar-refractivity contribution < 1.29 is 18.3 Å². The topological polar surface area (TPSA) is 69.0 Å². The van der Waals surface area contributed by atoms with Crippen molar-refractivity contribution in [3.63, 3.8) is 0 Å². The molecule has 3 aromatic rings. The molecule has 0 aliphatic heterocycles. The van der Waals surface area contributed by atoms with Crippen LogP contribution in [-0.2, 0) is 17.9 Å². The van der Waals surface area contributed by atoms with Gasteiger partial charge in [0.15, 0.2) is 16.8 Å². The van der Waals surface area contributed by atoms with Crippen molar-refractivity contribution in [1.29, 1.82) is 0 Å². The van der Waals surface area contributed by atoms with Crippen LogP contribution in [-0.4, -0.2) is 26.4 Å². The van der Waals surface area contributed by atoms with Crippen molar-refractivity contribution in [2.75, 3.05) is 11.1 Å². The Labute approximate surface area is 194 Å². The monoisotopic (exact) mass is 528 g/mol. The van der Waals surface area contributed by atoms with Crippen LogP contribution in [0.25, 0.3) is 0 Å². The van der Waals surface area contributed by atoms with Gasteiger partial charge in [0.1, 0.15) is 18.2 Å². The van der Waals surface area contributed by atoms with E-state index in [9.17, 15) is 13.6 Å². The minimum atomic E-state index is -0.876. The molecule has 0 spiro atoms. The molecule has 0 unspecified atom stereocenters. The standard InChI is InChI=1S/C20H16BrClF2N4O2S/c1-2-7-28-17(10-30-16-6-4-3-5-14(16)22)26-27-20(28)31-11-18(29)25-19-13(21)8-12(23)9-15(19)24/h2-6,8-9H,1,7,10-11H2,(H,25,29). The first kappa shape index (κ1) is 23.2. The summed E-state index contributed by atoms with van der Waals surface area (Å²) in [6, 6.07) is 8.82. The first-order valence-corrected chi connectivity index (χ1v) is 11.0. The fourth-order valence-corrected chi connectivity index (χ4v) is 3.98. The molecule has 1 aromatic heterocycles. The first-order chi connectivity index (χ1) is 14.9. The molecular weight excluding hydrogens is 514 g/mol. The van der Waals surface area contributed by atoms with Crippen LogP contribution in [0.2, 0.25) is 5.02 Å². The lowest BCUT2D eigenvalue weighted by Crippen LogP contribution is -2.16. The maximum atomic E-state index is 13.9. The van der Waals surface area contributed by atoms with Gasteiger partial charge in [-0.15, -0.1) is 16.8 Å².